The molecule has 0 aliphatic heterocycles. The summed E-state index contributed by atoms with van der Waals surface area (Å²) in [7, 11) is 0. The second-order valence-corrected chi connectivity index (χ2v) is 4.66. The van der Waals surface area contributed by atoms with E-state index in [0.717, 1.165) is 5.56 Å². The Kier molecular flexibility index (Phi) is 4.35. The molecule has 0 atom stereocenters. The van der Waals surface area contributed by atoms with E-state index < -0.39 is 5.97 Å². The van der Waals surface area contributed by atoms with E-state index >= 15 is 0 Å². The highest BCUT2D eigenvalue weighted by Crippen LogP contribution is 2.20. The zero-order valence-corrected chi connectivity index (χ0v) is 11.6. The summed E-state index contributed by atoms with van der Waals surface area (Å²) in [4.78, 5) is 23.4. The first-order chi connectivity index (χ1) is 10.0. The Balaban J connectivity index is 2.27. The van der Waals surface area contributed by atoms with Crippen molar-refractivity contribution >= 4 is 17.6 Å². The number of carbonyl (C=O) groups excluding carboxylic acids is 1. The molecule has 0 radical (unpaired) electrons. The normalized spacial score (nSPS) is 10.2. The third-order valence-corrected chi connectivity index (χ3v) is 3.19. The van der Waals surface area contributed by atoms with Gasteiger partial charge in [0, 0.05) is 12.1 Å². The lowest BCUT2D eigenvalue weighted by atomic mass is 10.1. The van der Waals surface area contributed by atoms with E-state index in [0.29, 0.717) is 17.7 Å². The van der Waals surface area contributed by atoms with E-state index in [1.807, 2.05) is 0 Å². The van der Waals surface area contributed by atoms with Crippen LogP contribution in [0.4, 0.5) is 5.69 Å². The fourth-order valence-corrected chi connectivity index (χ4v) is 2.04. The van der Waals surface area contributed by atoms with E-state index in [1.54, 1.807) is 49.4 Å². The zero-order valence-electron chi connectivity index (χ0n) is 11.6. The zero-order chi connectivity index (χ0) is 15.4. The molecule has 2 aromatic rings. The largest absolute Gasteiger partial charge is 0.478 e. The van der Waals surface area contributed by atoms with E-state index in [-0.39, 0.29) is 17.2 Å². The van der Waals surface area contributed by atoms with E-state index in [9.17, 15) is 14.7 Å². The molecule has 0 unspecified atom stereocenters. The maximum absolute atomic E-state index is 12.2. The lowest BCUT2D eigenvalue weighted by Crippen LogP contribution is -2.15. The van der Waals surface area contributed by atoms with Crippen molar-refractivity contribution in [1.29, 1.82) is 0 Å². The lowest BCUT2D eigenvalue weighted by molar-refractivity contribution is 0.0697. The number of nitrogens with two attached hydrogens (primary N) is 1. The number of amides is 1. The first-order valence-corrected chi connectivity index (χ1v) is 6.46. The maximum Gasteiger partial charge on any atom is 0.338 e. The van der Waals surface area contributed by atoms with Gasteiger partial charge in [-0.15, -0.1) is 0 Å². The van der Waals surface area contributed by atoms with Gasteiger partial charge in [-0.1, -0.05) is 24.3 Å². The number of carboxylic acids is 1. The van der Waals surface area contributed by atoms with Crippen LogP contribution in [0.5, 0.6) is 0 Å². The molecule has 0 aliphatic rings. The Labute approximate surface area is 122 Å². The second-order valence-electron chi connectivity index (χ2n) is 4.66. The van der Waals surface area contributed by atoms with Crippen LogP contribution in [-0.4, -0.2) is 17.0 Å². The molecule has 21 heavy (non-hydrogen) atoms. The predicted octanol–water partition coefficient (Wildman–Crippen LogP) is 2.40. The summed E-state index contributed by atoms with van der Waals surface area (Å²) in [6.07, 6.45) is 0. The molecule has 0 fully saturated rings. The highest BCUT2D eigenvalue weighted by molar-refractivity contribution is 6.08. The Morgan fingerprint density at radius 3 is 2.38 bits per heavy atom. The third-order valence-electron chi connectivity index (χ3n) is 3.19. The average Bonchev–Trinajstić information content (AvgIpc) is 2.47. The number of carboxylic acid groups (broad SMARTS) is 1. The van der Waals surface area contributed by atoms with E-state index in [2.05, 4.69) is 5.32 Å². The maximum atomic E-state index is 12.2. The van der Waals surface area contributed by atoms with Crippen molar-refractivity contribution in [3.05, 3.63) is 64.7 Å². The van der Waals surface area contributed by atoms with Gasteiger partial charge in [0.25, 0.3) is 5.91 Å². The van der Waals surface area contributed by atoms with Crippen LogP contribution in [0, 0.1) is 6.92 Å². The number of aromatic carboxylic acids is 1. The van der Waals surface area contributed by atoms with Gasteiger partial charge < -0.3 is 16.2 Å². The topological polar surface area (TPSA) is 92.4 Å². The molecule has 2 rings (SSSR count). The number of benzene rings is 2. The van der Waals surface area contributed by atoms with Gasteiger partial charge in [-0.25, -0.2) is 4.79 Å². The van der Waals surface area contributed by atoms with Crippen LogP contribution < -0.4 is 11.1 Å². The Hall–Kier alpha value is -2.66. The fourth-order valence-electron chi connectivity index (χ4n) is 2.04. The van der Waals surface area contributed by atoms with Gasteiger partial charge in [-0.3, -0.25) is 4.79 Å². The number of hydrogen-bond donors (Lipinski definition) is 3. The molecule has 0 saturated carbocycles. The second kappa shape index (κ2) is 6.19. The molecule has 0 saturated heterocycles. The summed E-state index contributed by atoms with van der Waals surface area (Å²) in [5.41, 5.74) is 7.86. The lowest BCUT2D eigenvalue weighted by Gasteiger charge is -2.10. The number of rotatable bonds is 4. The van der Waals surface area contributed by atoms with Gasteiger partial charge in [0.1, 0.15) is 0 Å². The minimum atomic E-state index is -1.07. The van der Waals surface area contributed by atoms with Crippen molar-refractivity contribution in [3.63, 3.8) is 0 Å². The fraction of sp³-hybridized carbons (Fsp3) is 0.125. The molecule has 0 bridgehead atoms. The van der Waals surface area contributed by atoms with Crippen LogP contribution in [0.25, 0.3) is 0 Å². The predicted molar refractivity (Wildman–Crippen MR) is 80.4 cm³/mol. The summed E-state index contributed by atoms with van der Waals surface area (Å²) < 4.78 is 0. The smallest absolute Gasteiger partial charge is 0.338 e. The highest BCUT2D eigenvalue weighted by Gasteiger charge is 2.15. The molecule has 108 valence electrons. The molecule has 4 N–H and O–H groups in total. The molecule has 0 spiro atoms. The number of aryl methyl sites for hydroxylation is 1. The van der Waals surface area contributed by atoms with E-state index in [4.69, 9.17) is 5.73 Å². The molecular weight excluding hydrogens is 268 g/mol. The SMILES string of the molecule is Cc1cccc(NC(=O)c2ccc(CN)cc2)c1C(=O)O. The summed E-state index contributed by atoms with van der Waals surface area (Å²) >= 11 is 0. The van der Waals surface area contributed by atoms with E-state index in [1.165, 1.54) is 0 Å². The molecule has 1 amide bonds. The summed E-state index contributed by atoms with van der Waals surface area (Å²) in [5, 5.41) is 11.9. The minimum Gasteiger partial charge on any atom is -0.478 e. The van der Waals surface area contributed by atoms with Gasteiger partial charge in [0.05, 0.1) is 11.3 Å². The molecule has 5 nitrogen and oxygen atoms in total. The number of anilines is 1. The number of nitrogens with one attached hydrogen (secondary N) is 1. The number of hydrogen-bond acceptors (Lipinski definition) is 3. The summed E-state index contributed by atoms with van der Waals surface area (Å²) in [6, 6.07) is 11.8. The third kappa shape index (κ3) is 3.27. The molecule has 5 heteroatoms. The Morgan fingerprint density at radius 1 is 1.14 bits per heavy atom. The van der Waals surface area contributed by atoms with Gasteiger partial charge in [-0.05, 0) is 36.2 Å². The van der Waals surface area contributed by atoms with Crippen LogP contribution in [-0.2, 0) is 6.54 Å². The van der Waals surface area contributed by atoms with Gasteiger partial charge in [0.15, 0.2) is 0 Å². The first kappa shape index (κ1) is 14.7. The van der Waals surface area contributed by atoms with Gasteiger partial charge in [-0.2, -0.15) is 0 Å². The molecule has 2 aromatic carbocycles. The van der Waals surface area contributed by atoms with Crippen LogP contribution in [0.1, 0.15) is 31.8 Å². The standard InChI is InChI=1S/C16H16N2O3/c1-10-3-2-4-13(14(10)16(20)21)18-15(19)12-7-5-11(9-17)6-8-12/h2-8H,9,17H2,1H3,(H,18,19)(H,20,21). The van der Waals surface area contributed by atoms with Crippen LogP contribution in [0.3, 0.4) is 0 Å². The van der Waals surface area contributed by atoms with Gasteiger partial charge >= 0.3 is 5.97 Å². The van der Waals surface area contributed by atoms with Gasteiger partial charge in [0.2, 0.25) is 0 Å². The molecule has 0 aromatic heterocycles. The van der Waals surface area contributed by atoms with Crippen molar-refractivity contribution in [2.24, 2.45) is 5.73 Å². The highest BCUT2D eigenvalue weighted by atomic mass is 16.4. The van der Waals surface area contributed by atoms with Crippen LogP contribution >= 0.6 is 0 Å². The van der Waals surface area contributed by atoms with Crippen LogP contribution in [0.15, 0.2) is 42.5 Å². The van der Waals surface area contributed by atoms with Crippen molar-refractivity contribution in [2.75, 3.05) is 5.32 Å². The van der Waals surface area contributed by atoms with Crippen molar-refractivity contribution in [1.82, 2.24) is 0 Å². The molecule has 0 heterocycles. The van der Waals surface area contributed by atoms with Crippen molar-refractivity contribution in [2.45, 2.75) is 13.5 Å². The molecular formula is C16H16N2O3. The Bertz CT molecular complexity index is 678. The monoisotopic (exact) mass is 284 g/mol. The minimum absolute atomic E-state index is 0.101. The first-order valence-electron chi connectivity index (χ1n) is 6.46. The van der Waals surface area contributed by atoms with Crippen molar-refractivity contribution in [3.8, 4) is 0 Å². The quantitative estimate of drug-likeness (QED) is 0.803. The van der Waals surface area contributed by atoms with Crippen LogP contribution in [0.2, 0.25) is 0 Å². The van der Waals surface area contributed by atoms with Crippen molar-refractivity contribution < 1.29 is 14.7 Å². The summed E-state index contributed by atoms with van der Waals surface area (Å²) in [6.45, 7) is 2.10. The Morgan fingerprint density at radius 2 is 1.81 bits per heavy atom. The summed E-state index contributed by atoms with van der Waals surface area (Å²) in [5.74, 6) is -1.42. The molecule has 0 aliphatic carbocycles. The number of carbonyl (C=O) groups is 2. The average molecular weight is 284 g/mol.